The molecular formula is C13H13ClN2O3. The molecule has 0 unspecified atom stereocenters. The Balaban J connectivity index is 2.77. The molecule has 2 rings (SSSR count). The van der Waals surface area contributed by atoms with Gasteiger partial charge in [0.25, 0.3) is 5.91 Å². The molecule has 0 aliphatic rings. The summed E-state index contributed by atoms with van der Waals surface area (Å²) < 4.78 is 0. The number of aliphatic hydroxyl groups is 1. The minimum atomic E-state index is -0.315. The van der Waals surface area contributed by atoms with Crippen molar-refractivity contribution < 1.29 is 9.90 Å². The fraction of sp³-hybridized carbons (Fsp3) is 0.231. The van der Waals surface area contributed by atoms with Crippen LogP contribution >= 0.6 is 11.6 Å². The minimum absolute atomic E-state index is 0.166. The normalized spacial score (nSPS) is 10.7. The minimum Gasteiger partial charge on any atom is -0.392 e. The van der Waals surface area contributed by atoms with Gasteiger partial charge in [-0.1, -0.05) is 17.7 Å². The van der Waals surface area contributed by atoms with Crippen LogP contribution < -0.4 is 5.43 Å². The van der Waals surface area contributed by atoms with Gasteiger partial charge in [0.1, 0.15) is 5.69 Å². The lowest BCUT2D eigenvalue weighted by molar-refractivity contribution is 0.0822. The van der Waals surface area contributed by atoms with E-state index in [1.54, 1.807) is 26.2 Å². The van der Waals surface area contributed by atoms with Gasteiger partial charge in [0.15, 0.2) is 5.43 Å². The van der Waals surface area contributed by atoms with Crippen molar-refractivity contribution in [1.29, 1.82) is 0 Å². The lowest BCUT2D eigenvalue weighted by Crippen LogP contribution is -2.24. The lowest BCUT2D eigenvalue weighted by Gasteiger charge is -2.12. The number of H-pyrrole nitrogens is 1. The van der Waals surface area contributed by atoms with Gasteiger partial charge < -0.3 is 15.0 Å². The summed E-state index contributed by atoms with van der Waals surface area (Å²) in [4.78, 5) is 28.1. The molecule has 0 fully saturated rings. The number of carbonyl (C=O) groups is 1. The van der Waals surface area contributed by atoms with Crippen molar-refractivity contribution in [1.82, 2.24) is 9.88 Å². The maximum atomic E-state index is 12.0. The Bertz CT molecular complexity index is 707. The molecule has 0 atom stereocenters. The maximum absolute atomic E-state index is 12.0. The largest absolute Gasteiger partial charge is 0.392 e. The molecule has 6 heteroatoms. The number of aromatic nitrogens is 1. The number of aliphatic hydroxyl groups excluding tert-OH is 1. The fourth-order valence-corrected chi connectivity index (χ4v) is 2.08. The van der Waals surface area contributed by atoms with Crippen LogP contribution in [-0.4, -0.2) is 35.0 Å². The summed E-state index contributed by atoms with van der Waals surface area (Å²) >= 11 is 6.11. The van der Waals surface area contributed by atoms with Crippen molar-refractivity contribution in [2.24, 2.45) is 0 Å². The van der Waals surface area contributed by atoms with Gasteiger partial charge in [-0.2, -0.15) is 0 Å². The van der Waals surface area contributed by atoms with Crippen LogP contribution in [0.25, 0.3) is 10.9 Å². The van der Waals surface area contributed by atoms with Crippen LogP contribution in [0.3, 0.4) is 0 Å². The van der Waals surface area contributed by atoms with E-state index in [1.807, 2.05) is 0 Å². The van der Waals surface area contributed by atoms with Crippen LogP contribution in [0.1, 0.15) is 16.1 Å². The molecule has 0 aliphatic heterocycles. The molecule has 0 radical (unpaired) electrons. The van der Waals surface area contributed by atoms with E-state index in [1.165, 1.54) is 11.0 Å². The number of benzene rings is 1. The van der Waals surface area contributed by atoms with Gasteiger partial charge >= 0.3 is 0 Å². The Morgan fingerprint density at radius 3 is 2.68 bits per heavy atom. The number of hydrogen-bond donors (Lipinski definition) is 2. The second-order valence-corrected chi connectivity index (χ2v) is 4.74. The van der Waals surface area contributed by atoms with E-state index in [2.05, 4.69) is 4.98 Å². The van der Waals surface area contributed by atoms with Gasteiger partial charge in [-0.25, -0.2) is 0 Å². The first-order valence-electron chi connectivity index (χ1n) is 5.62. The Labute approximate surface area is 114 Å². The number of halogens is 1. The summed E-state index contributed by atoms with van der Waals surface area (Å²) in [6, 6.07) is 4.42. The Kier molecular flexibility index (Phi) is 3.59. The van der Waals surface area contributed by atoms with Gasteiger partial charge in [-0.3, -0.25) is 9.59 Å². The highest BCUT2D eigenvalue weighted by atomic mass is 35.5. The van der Waals surface area contributed by atoms with E-state index < -0.39 is 0 Å². The average Bonchev–Trinajstić information content (AvgIpc) is 2.38. The van der Waals surface area contributed by atoms with E-state index in [-0.39, 0.29) is 28.7 Å². The van der Waals surface area contributed by atoms with Crippen LogP contribution in [0.5, 0.6) is 0 Å². The van der Waals surface area contributed by atoms with E-state index in [0.717, 1.165) is 0 Å². The van der Waals surface area contributed by atoms with Gasteiger partial charge in [0, 0.05) is 25.5 Å². The molecule has 1 aromatic heterocycles. The maximum Gasteiger partial charge on any atom is 0.269 e. The molecular weight excluding hydrogens is 268 g/mol. The van der Waals surface area contributed by atoms with Gasteiger partial charge in [0.05, 0.1) is 17.1 Å². The van der Waals surface area contributed by atoms with E-state index >= 15 is 0 Å². The smallest absolute Gasteiger partial charge is 0.269 e. The fourth-order valence-electron chi connectivity index (χ4n) is 1.80. The number of fused-ring (bicyclic) bond motifs is 1. The molecule has 0 bridgehead atoms. The summed E-state index contributed by atoms with van der Waals surface area (Å²) in [5, 5.41) is 9.80. The third kappa shape index (κ3) is 2.34. The standard InChI is InChI=1S/C13H13ClN2O3/c1-16(2)13(19)9-5-10(18)8-4-3-7(6-17)11(14)12(8)15-9/h3-5,17H,6H2,1-2H3,(H,15,18). The summed E-state index contributed by atoms with van der Waals surface area (Å²) in [6.45, 7) is -0.233. The topological polar surface area (TPSA) is 73.4 Å². The van der Waals surface area contributed by atoms with Crippen LogP contribution in [0, 0.1) is 0 Å². The van der Waals surface area contributed by atoms with Crippen LogP contribution in [0.4, 0.5) is 0 Å². The third-order valence-electron chi connectivity index (χ3n) is 2.83. The number of pyridine rings is 1. The van der Waals surface area contributed by atoms with Crippen molar-refractivity contribution in [3.63, 3.8) is 0 Å². The first-order valence-corrected chi connectivity index (χ1v) is 6.00. The van der Waals surface area contributed by atoms with Crippen molar-refractivity contribution in [2.75, 3.05) is 14.1 Å². The van der Waals surface area contributed by atoms with Crippen LogP contribution in [0.15, 0.2) is 23.0 Å². The second-order valence-electron chi connectivity index (χ2n) is 4.37. The van der Waals surface area contributed by atoms with E-state index in [9.17, 15) is 9.59 Å². The highest BCUT2D eigenvalue weighted by molar-refractivity contribution is 6.35. The molecule has 0 saturated carbocycles. The summed E-state index contributed by atoms with van der Waals surface area (Å²) in [7, 11) is 3.19. The Morgan fingerprint density at radius 2 is 2.11 bits per heavy atom. The molecule has 2 aromatic rings. The van der Waals surface area contributed by atoms with Crippen molar-refractivity contribution in [3.8, 4) is 0 Å². The average molecular weight is 281 g/mol. The van der Waals surface area contributed by atoms with Gasteiger partial charge in [-0.05, 0) is 11.6 Å². The number of carbonyl (C=O) groups excluding carboxylic acids is 1. The number of rotatable bonds is 2. The Morgan fingerprint density at radius 1 is 1.42 bits per heavy atom. The number of nitrogens with one attached hydrogen (secondary N) is 1. The predicted octanol–water partition coefficient (Wildman–Crippen LogP) is 1.38. The number of nitrogens with zero attached hydrogens (tertiary/aromatic N) is 1. The molecule has 5 nitrogen and oxygen atoms in total. The van der Waals surface area contributed by atoms with Crippen LogP contribution in [-0.2, 0) is 6.61 Å². The first-order chi connectivity index (χ1) is 8.95. The highest BCUT2D eigenvalue weighted by Crippen LogP contribution is 2.24. The Hall–Kier alpha value is -1.85. The van der Waals surface area contributed by atoms with Crippen molar-refractivity contribution >= 4 is 28.4 Å². The van der Waals surface area contributed by atoms with Crippen molar-refractivity contribution in [3.05, 3.63) is 44.7 Å². The quantitative estimate of drug-likeness (QED) is 0.873. The number of aromatic amines is 1. The zero-order valence-corrected chi connectivity index (χ0v) is 11.3. The third-order valence-corrected chi connectivity index (χ3v) is 3.26. The number of hydrogen-bond acceptors (Lipinski definition) is 3. The SMILES string of the molecule is CN(C)C(=O)c1cc(=O)c2ccc(CO)c(Cl)c2[nH]1. The highest BCUT2D eigenvalue weighted by Gasteiger charge is 2.14. The predicted molar refractivity (Wildman–Crippen MR) is 73.5 cm³/mol. The molecule has 1 heterocycles. The molecule has 1 aromatic carbocycles. The summed E-state index contributed by atoms with van der Waals surface area (Å²) in [5.74, 6) is -0.315. The monoisotopic (exact) mass is 280 g/mol. The molecule has 0 spiro atoms. The van der Waals surface area contributed by atoms with E-state index in [0.29, 0.717) is 16.5 Å². The number of amides is 1. The lowest BCUT2D eigenvalue weighted by atomic mass is 10.1. The van der Waals surface area contributed by atoms with E-state index in [4.69, 9.17) is 16.7 Å². The van der Waals surface area contributed by atoms with Crippen LogP contribution in [0.2, 0.25) is 5.02 Å². The zero-order valence-electron chi connectivity index (χ0n) is 10.5. The second kappa shape index (κ2) is 5.03. The molecule has 100 valence electrons. The molecule has 0 aliphatic carbocycles. The van der Waals surface area contributed by atoms with Crippen molar-refractivity contribution in [2.45, 2.75) is 6.61 Å². The summed E-state index contributed by atoms with van der Waals surface area (Å²) in [6.07, 6.45) is 0. The first kappa shape index (κ1) is 13.6. The molecule has 19 heavy (non-hydrogen) atoms. The summed E-state index contributed by atoms with van der Waals surface area (Å²) in [5.41, 5.74) is 0.745. The molecule has 0 saturated heterocycles. The van der Waals surface area contributed by atoms with Gasteiger partial charge in [0.2, 0.25) is 0 Å². The molecule has 2 N–H and O–H groups in total. The van der Waals surface area contributed by atoms with Gasteiger partial charge in [-0.15, -0.1) is 0 Å². The zero-order chi connectivity index (χ0) is 14.2. The molecule has 1 amide bonds.